The van der Waals surface area contributed by atoms with Gasteiger partial charge in [0.2, 0.25) is 5.91 Å². The van der Waals surface area contributed by atoms with Gasteiger partial charge in [-0.25, -0.2) is 4.79 Å². The van der Waals surface area contributed by atoms with Crippen molar-refractivity contribution >= 4 is 156 Å². The number of hydrogen-bond acceptors (Lipinski definition) is 22. The second kappa shape index (κ2) is 59.5. The predicted molar refractivity (Wildman–Crippen MR) is 483 cm³/mol. The van der Waals surface area contributed by atoms with E-state index in [9.17, 15) is 28.8 Å². The Morgan fingerprint density at radius 1 is 0.479 bits per heavy atom. The van der Waals surface area contributed by atoms with Crippen LogP contribution < -0.4 is 69.1 Å². The molecule has 34 heteroatoms. The maximum atomic E-state index is 11.5. The Bertz CT molecular complexity index is 5030. The minimum absolute atomic E-state index is 0. The third kappa shape index (κ3) is 39.9. The number of nitrogens with one attached hydrogen (secondary N) is 7. The van der Waals surface area contributed by atoms with Crippen LogP contribution in [0.15, 0.2) is 213 Å². The number of aldehydes is 3. The number of hydrogen-bond donors (Lipinski definition) is 9. The van der Waals surface area contributed by atoms with E-state index in [0.29, 0.717) is 42.0 Å². The van der Waals surface area contributed by atoms with Crippen LogP contribution in [0.3, 0.4) is 0 Å². The van der Waals surface area contributed by atoms with E-state index >= 15 is 0 Å². The van der Waals surface area contributed by atoms with Gasteiger partial charge in [-0.1, -0.05) is 48.5 Å². The summed E-state index contributed by atoms with van der Waals surface area (Å²) in [5.74, 6) is -0.276. The van der Waals surface area contributed by atoms with Gasteiger partial charge in [-0.3, -0.25) is 28.8 Å². The zero-order valence-corrected chi connectivity index (χ0v) is 79.4. The Labute approximate surface area is 776 Å². The minimum atomic E-state index is -1.30. The summed E-state index contributed by atoms with van der Waals surface area (Å²) in [4.78, 5) is 112. The van der Waals surface area contributed by atoms with E-state index in [0.717, 1.165) is 124 Å². The molecule has 620 valence electrons. The number of esters is 2. The number of ether oxygens (including phenoxy) is 2. The number of aryl methyl sites for hydroxylation is 4. The molecule has 0 saturated heterocycles. The van der Waals surface area contributed by atoms with Gasteiger partial charge >= 0.3 is 78.2 Å². The third-order valence-corrected chi connectivity index (χ3v) is 22.8. The average Bonchev–Trinajstić information content (AvgIpc) is 1.67. The molecule has 0 radical (unpaired) electrons. The summed E-state index contributed by atoms with van der Waals surface area (Å²) in [7, 11) is 10.6. The van der Waals surface area contributed by atoms with Crippen molar-refractivity contribution in [3.8, 4) is 63.4 Å². The molecule has 0 unspecified atom stereocenters. The molecule has 0 fully saturated rings. The van der Waals surface area contributed by atoms with E-state index in [4.69, 9.17) is 29.6 Å². The van der Waals surface area contributed by atoms with Gasteiger partial charge in [0.1, 0.15) is 0 Å². The third-order valence-electron chi connectivity index (χ3n) is 16.1. The summed E-state index contributed by atoms with van der Waals surface area (Å²) in [5, 5.41) is 39.5. The molecule has 0 atom stereocenters. The number of rotatable bonds is 29. The Morgan fingerprint density at radius 3 is 1.22 bits per heavy atom. The zero-order valence-electron chi connectivity index (χ0n) is 69.1. The largest absolute Gasteiger partial charge is 1.00 e. The average molecular weight is 1830 g/mol. The van der Waals surface area contributed by atoms with Crippen molar-refractivity contribution in [3.63, 3.8) is 0 Å². The first-order chi connectivity index (χ1) is 56.6. The maximum Gasteiger partial charge on any atom is 1.00 e. The molecular formula is C85H98BBrN10Na2O13S7. The number of halogens is 1. The molecule has 0 saturated carbocycles. The first-order valence-electron chi connectivity index (χ1n) is 36.8. The van der Waals surface area contributed by atoms with Crippen molar-refractivity contribution in [1.29, 1.82) is 0 Å². The van der Waals surface area contributed by atoms with Gasteiger partial charge in [0, 0.05) is 86.1 Å². The van der Waals surface area contributed by atoms with Crippen LogP contribution in [0.25, 0.3) is 69.5 Å². The molecule has 23 nitrogen and oxygen atoms in total. The van der Waals surface area contributed by atoms with Crippen molar-refractivity contribution in [2.24, 2.45) is 0 Å². The van der Waals surface area contributed by atoms with Gasteiger partial charge in [0.15, 0.2) is 18.9 Å². The standard InChI is InChI=1S/C14H18N2OS.C13H16N2OS.C13H18N2S.C13H15NO2S.C13H13NO2S.C9H7NOS.C5H4BrNO.C4H5BO2S.CH2O3.2Na.H/c1-16(2)7-3-5-11-9-12(15-13(11)10-17)14-6-4-8-18-14;1-15(2)13(16)6-5-10-8-11(14-9-10)12-4-3-7-17-12;1-15(2)7-3-5-11-9-12(14-10-11)13-6-4-8-16-13;2*1-2-16-13(15)6-5-10-8-11(14-9-10)12-4-3-7-17-12;11-6-7-4-8(10-5-7)9-2-1-3-12-9;6-5-1-4(3-8)2-7-5;6-5(7)4-2-1-3-8-4;2-1-4-3;;;/h4,6,8-10,15H,3,5,7H2,1-2H3;3-4,7-9,14H,5-6H2,1-2H3;4,6,8-10,14H,3,5,7H2,1-2H3;3-4,7-9,14H,2,5-6H2,1H3;3-9,14H,2H2,1H3;1-6,10H;1-3,7H;1-3,6-7H;1,3H;;;/q;;;;;;;;;2*+1;-1/p-1/b;;;;6-5+;;;;;;;. The van der Waals surface area contributed by atoms with Gasteiger partial charge in [-0.05, 0) is 260 Å². The van der Waals surface area contributed by atoms with Gasteiger partial charge < -0.3 is 80.7 Å². The van der Waals surface area contributed by atoms with Crippen LogP contribution in [0.1, 0.15) is 100.0 Å². The number of H-pyrrole nitrogens is 7. The zero-order chi connectivity index (χ0) is 84.5. The van der Waals surface area contributed by atoms with Crippen LogP contribution in [0.5, 0.6) is 0 Å². The second-order valence-electron chi connectivity index (χ2n) is 25.7. The fourth-order valence-corrected chi connectivity index (χ4v) is 15.6. The van der Waals surface area contributed by atoms with Crippen LogP contribution in [-0.4, -0.2) is 179 Å². The number of carbonyl (C=O) groups is 7. The van der Waals surface area contributed by atoms with Gasteiger partial charge in [0.05, 0.1) is 86.9 Å². The summed E-state index contributed by atoms with van der Waals surface area (Å²) in [6.07, 6.45) is 23.9. The summed E-state index contributed by atoms with van der Waals surface area (Å²) >= 11 is 14.7. The predicted octanol–water partition coefficient (Wildman–Crippen LogP) is 11.7. The van der Waals surface area contributed by atoms with E-state index in [2.05, 4.69) is 177 Å². The second-order valence-corrected chi connectivity index (χ2v) is 33.2. The number of aromatic nitrogens is 7. The molecule has 14 rings (SSSR count). The van der Waals surface area contributed by atoms with Crippen molar-refractivity contribution in [3.05, 3.63) is 258 Å². The molecule has 0 aliphatic rings. The normalized spacial score (nSPS) is 10.1. The number of thiophene rings is 7. The van der Waals surface area contributed by atoms with Crippen LogP contribution in [0.4, 0.5) is 0 Å². The first kappa shape index (κ1) is 103. The Morgan fingerprint density at radius 2 is 0.866 bits per heavy atom. The molecular weight excluding hydrogens is 1730 g/mol. The Hall–Kier alpha value is -8.17. The van der Waals surface area contributed by atoms with Crippen molar-refractivity contribution in [2.45, 2.75) is 65.2 Å². The van der Waals surface area contributed by atoms with E-state index in [1.54, 1.807) is 136 Å². The maximum absolute atomic E-state index is 11.5. The number of amides is 1. The van der Waals surface area contributed by atoms with E-state index < -0.39 is 7.12 Å². The Balaban J connectivity index is 0.000000355. The molecule has 119 heavy (non-hydrogen) atoms. The van der Waals surface area contributed by atoms with E-state index in [1.165, 1.54) is 65.0 Å². The molecule has 14 heterocycles. The summed E-state index contributed by atoms with van der Waals surface area (Å²) < 4.78 is 11.1. The SMILES string of the molecule is CCOC(=O)/C=C/c1c[nH]c(-c2cccs2)c1.CCOC(=O)CCc1c[nH]c(-c2cccs2)c1.CN(C)C(=O)CCc1c[nH]c(-c2cccs2)c1.CN(C)CCCc1c[nH]c(-c2cccs2)c1.CN(C)CCCc1cc(-c2cccs2)[nH]c1C=O.O=CO[O-].O=Cc1c[nH]c(-c2cccs2)c1.O=Cc1c[nH]c(Br)c1.OB(O)c1cccs1.[H-].[Na+].[Na+]. The van der Waals surface area contributed by atoms with Crippen molar-refractivity contribution < 1.29 is 124 Å². The van der Waals surface area contributed by atoms with Crippen molar-refractivity contribution in [2.75, 3.05) is 68.6 Å². The van der Waals surface area contributed by atoms with Gasteiger partial charge in [0.25, 0.3) is 6.47 Å². The summed E-state index contributed by atoms with van der Waals surface area (Å²) in [6.45, 7) is 6.47. The molecule has 0 spiro atoms. The summed E-state index contributed by atoms with van der Waals surface area (Å²) in [5.41, 5.74) is 14.5. The van der Waals surface area contributed by atoms with Gasteiger partial charge in [-0.15, -0.1) is 68.0 Å². The Kier molecular flexibility index (Phi) is 51.6. The first-order valence-corrected chi connectivity index (χ1v) is 43.8. The number of carbonyl (C=O) groups excluding carboxylic acids is 7. The molecule has 1 amide bonds. The quantitative estimate of drug-likeness (QED) is 0.00525. The molecule has 9 N–H and O–H groups in total. The molecule has 14 aromatic heterocycles. The van der Waals surface area contributed by atoms with Crippen LogP contribution >= 0.6 is 95.3 Å². The molecule has 0 bridgehead atoms. The number of nitrogens with zero attached hydrogens (tertiary/aromatic N) is 3. The summed E-state index contributed by atoms with van der Waals surface area (Å²) in [6, 6.07) is 42.2. The monoisotopic (exact) mass is 1830 g/mol. The van der Waals surface area contributed by atoms with Crippen molar-refractivity contribution in [1.82, 2.24) is 49.6 Å². The van der Waals surface area contributed by atoms with E-state index in [1.807, 2.05) is 90.2 Å². The van der Waals surface area contributed by atoms with E-state index in [-0.39, 0.29) is 84.9 Å². The topological polar surface area (TPSA) is 331 Å². The van der Waals surface area contributed by atoms with Gasteiger partial charge in [-0.2, -0.15) is 11.3 Å². The smallest absolute Gasteiger partial charge is 1.00 e. The minimum Gasteiger partial charge on any atom is -1.00 e. The molecule has 0 aliphatic heterocycles. The fraction of sp³-hybridized carbons (Fsp3) is 0.235. The molecule has 0 aromatic carbocycles. The molecule has 0 aliphatic carbocycles. The molecule has 14 aromatic rings. The number of aromatic amines is 7. The van der Waals surface area contributed by atoms with Crippen LogP contribution in [-0.2, 0) is 59.2 Å². The van der Waals surface area contributed by atoms with Crippen LogP contribution in [0.2, 0.25) is 0 Å². The van der Waals surface area contributed by atoms with Crippen LogP contribution in [0, 0.1) is 0 Å². The fourth-order valence-electron chi connectivity index (χ4n) is 10.4.